The Labute approximate surface area is 197 Å². The van der Waals surface area contributed by atoms with Crippen molar-refractivity contribution in [2.45, 2.75) is 19.3 Å². The molecule has 0 aromatic heterocycles. The molecule has 164 valence electrons. The van der Waals surface area contributed by atoms with Gasteiger partial charge in [-0.3, -0.25) is 4.79 Å². The highest BCUT2D eigenvalue weighted by Gasteiger charge is 2.15. The van der Waals surface area contributed by atoms with E-state index in [2.05, 4.69) is 33.1 Å². The standard InChI is InChI=1S/C25H28BrClN2O2/c1-2-11-31-23-13-18(6-7-20-8-9-22(27)15-24(20)26)12-21(14-23)25(30)29-10-4-3-5-19-16-28-17-19/h2,6-9,12-15,19,28H,1,3-5,10-11,16-17H2,(H,29,30)/b7-6+. The molecule has 1 amide bonds. The van der Waals surface area contributed by atoms with E-state index < -0.39 is 0 Å². The minimum Gasteiger partial charge on any atom is -0.490 e. The van der Waals surface area contributed by atoms with Gasteiger partial charge in [0.2, 0.25) is 0 Å². The SMILES string of the molecule is C=CCOc1cc(/C=C/c2ccc(Cl)cc2Br)cc(C(=O)NCCCCC2CNC2)c1. The Morgan fingerprint density at radius 2 is 2.06 bits per heavy atom. The minimum atomic E-state index is -0.0864. The van der Waals surface area contributed by atoms with E-state index in [0.717, 1.165) is 47.4 Å². The molecule has 0 unspecified atom stereocenters. The van der Waals surface area contributed by atoms with Gasteiger partial charge in [-0.25, -0.2) is 0 Å². The highest BCUT2D eigenvalue weighted by atomic mass is 79.9. The fourth-order valence-corrected chi connectivity index (χ4v) is 4.14. The Morgan fingerprint density at radius 1 is 1.23 bits per heavy atom. The van der Waals surface area contributed by atoms with E-state index in [1.54, 1.807) is 12.1 Å². The molecular weight excluding hydrogens is 476 g/mol. The summed E-state index contributed by atoms with van der Waals surface area (Å²) in [6.07, 6.45) is 8.97. The van der Waals surface area contributed by atoms with Crippen LogP contribution in [0.1, 0.15) is 40.7 Å². The second-order valence-corrected chi connectivity index (χ2v) is 8.96. The second-order valence-electron chi connectivity index (χ2n) is 7.67. The molecule has 6 heteroatoms. The van der Waals surface area contributed by atoms with E-state index in [0.29, 0.717) is 29.5 Å². The van der Waals surface area contributed by atoms with Gasteiger partial charge in [0.1, 0.15) is 12.4 Å². The molecule has 0 atom stereocenters. The monoisotopic (exact) mass is 502 g/mol. The highest BCUT2D eigenvalue weighted by molar-refractivity contribution is 9.10. The Balaban J connectivity index is 1.65. The normalized spacial score (nSPS) is 13.7. The zero-order valence-electron chi connectivity index (χ0n) is 17.5. The largest absolute Gasteiger partial charge is 0.490 e. The first-order valence-electron chi connectivity index (χ1n) is 10.6. The van der Waals surface area contributed by atoms with Crippen molar-refractivity contribution in [2.24, 2.45) is 5.92 Å². The molecule has 0 bridgehead atoms. The summed E-state index contributed by atoms with van der Waals surface area (Å²) >= 11 is 9.55. The van der Waals surface area contributed by atoms with E-state index in [1.807, 2.05) is 42.5 Å². The number of amides is 1. The van der Waals surface area contributed by atoms with Crippen molar-refractivity contribution in [2.75, 3.05) is 26.2 Å². The van der Waals surface area contributed by atoms with Crippen LogP contribution in [0.4, 0.5) is 0 Å². The number of rotatable bonds is 11. The zero-order chi connectivity index (χ0) is 22.1. The molecule has 1 heterocycles. The average molecular weight is 504 g/mol. The van der Waals surface area contributed by atoms with Crippen molar-refractivity contribution in [3.63, 3.8) is 0 Å². The number of carbonyl (C=O) groups is 1. The maximum atomic E-state index is 12.7. The number of benzene rings is 2. The fraction of sp³-hybridized carbons (Fsp3) is 0.320. The lowest BCUT2D eigenvalue weighted by Gasteiger charge is -2.26. The van der Waals surface area contributed by atoms with Gasteiger partial charge < -0.3 is 15.4 Å². The molecule has 0 saturated carbocycles. The van der Waals surface area contributed by atoms with Crippen molar-refractivity contribution >= 4 is 45.6 Å². The fourth-order valence-electron chi connectivity index (χ4n) is 3.33. The van der Waals surface area contributed by atoms with Crippen LogP contribution in [0, 0.1) is 5.92 Å². The molecule has 1 aliphatic heterocycles. The number of ether oxygens (including phenoxy) is 1. The van der Waals surface area contributed by atoms with Crippen LogP contribution < -0.4 is 15.4 Å². The third-order valence-electron chi connectivity index (χ3n) is 5.17. The number of nitrogens with one attached hydrogen (secondary N) is 2. The molecule has 1 fully saturated rings. The maximum absolute atomic E-state index is 12.7. The molecule has 4 nitrogen and oxygen atoms in total. The molecule has 3 rings (SSSR count). The van der Waals surface area contributed by atoms with Gasteiger partial charge in [0.25, 0.3) is 5.91 Å². The summed E-state index contributed by atoms with van der Waals surface area (Å²) in [5.41, 5.74) is 2.46. The van der Waals surface area contributed by atoms with Crippen LogP contribution in [-0.2, 0) is 0 Å². The van der Waals surface area contributed by atoms with Crippen molar-refractivity contribution in [3.05, 3.63) is 75.2 Å². The van der Waals surface area contributed by atoms with E-state index >= 15 is 0 Å². The van der Waals surface area contributed by atoms with E-state index in [4.69, 9.17) is 16.3 Å². The van der Waals surface area contributed by atoms with Gasteiger partial charge in [0, 0.05) is 21.6 Å². The third-order valence-corrected chi connectivity index (χ3v) is 6.09. The molecule has 2 aromatic rings. The lowest BCUT2D eigenvalue weighted by molar-refractivity contribution is 0.0952. The van der Waals surface area contributed by atoms with Crippen molar-refractivity contribution < 1.29 is 9.53 Å². The number of hydrogen-bond acceptors (Lipinski definition) is 3. The molecule has 0 radical (unpaired) electrons. The summed E-state index contributed by atoms with van der Waals surface area (Å²) in [4.78, 5) is 12.7. The molecular formula is C25H28BrClN2O2. The Bertz CT molecular complexity index is 941. The lowest BCUT2D eigenvalue weighted by Crippen LogP contribution is -2.41. The number of hydrogen-bond donors (Lipinski definition) is 2. The van der Waals surface area contributed by atoms with Gasteiger partial charge in [-0.15, -0.1) is 0 Å². The maximum Gasteiger partial charge on any atom is 0.251 e. The van der Waals surface area contributed by atoms with Crippen LogP contribution in [0.5, 0.6) is 5.75 Å². The molecule has 2 N–H and O–H groups in total. The molecule has 1 aliphatic rings. The average Bonchev–Trinajstić information content (AvgIpc) is 2.72. The Hall–Kier alpha value is -2.08. The minimum absolute atomic E-state index is 0.0864. The predicted octanol–water partition coefficient (Wildman–Crippen LogP) is 5.96. The van der Waals surface area contributed by atoms with Gasteiger partial charge in [-0.1, -0.05) is 64.8 Å². The molecule has 0 aliphatic carbocycles. The smallest absolute Gasteiger partial charge is 0.251 e. The quantitative estimate of drug-likeness (QED) is 0.226. The summed E-state index contributed by atoms with van der Waals surface area (Å²) < 4.78 is 6.61. The van der Waals surface area contributed by atoms with Crippen LogP contribution in [0.25, 0.3) is 12.2 Å². The highest BCUT2D eigenvalue weighted by Crippen LogP contribution is 2.25. The van der Waals surface area contributed by atoms with Crippen molar-refractivity contribution in [1.29, 1.82) is 0 Å². The van der Waals surface area contributed by atoms with Crippen LogP contribution in [0.15, 0.2) is 53.5 Å². The van der Waals surface area contributed by atoms with Crippen molar-refractivity contribution in [3.8, 4) is 5.75 Å². The van der Waals surface area contributed by atoms with Gasteiger partial charge >= 0.3 is 0 Å². The number of carbonyl (C=O) groups excluding carboxylic acids is 1. The second kappa shape index (κ2) is 12.1. The summed E-state index contributed by atoms with van der Waals surface area (Å²) in [6.45, 7) is 7.02. The van der Waals surface area contributed by atoms with E-state index in [1.165, 1.54) is 6.42 Å². The van der Waals surface area contributed by atoms with Crippen molar-refractivity contribution in [1.82, 2.24) is 10.6 Å². The molecule has 1 saturated heterocycles. The van der Waals surface area contributed by atoms with Crippen LogP contribution in [0.3, 0.4) is 0 Å². The van der Waals surface area contributed by atoms with E-state index in [-0.39, 0.29) is 5.91 Å². The van der Waals surface area contributed by atoms with Crippen LogP contribution >= 0.6 is 27.5 Å². The summed E-state index contributed by atoms with van der Waals surface area (Å²) in [5, 5.41) is 7.00. The van der Waals surface area contributed by atoms with Gasteiger partial charge in [-0.05, 0) is 73.3 Å². The predicted molar refractivity (Wildman–Crippen MR) is 133 cm³/mol. The van der Waals surface area contributed by atoms with Gasteiger partial charge in [0.05, 0.1) is 0 Å². The first-order valence-corrected chi connectivity index (χ1v) is 11.7. The number of halogens is 2. The van der Waals surface area contributed by atoms with Gasteiger partial charge in [-0.2, -0.15) is 0 Å². The third kappa shape index (κ3) is 7.53. The molecule has 2 aromatic carbocycles. The van der Waals surface area contributed by atoms with Crippen LogP contribution in [0.2, 0.25) is 5.02 Å². The Morgan fingerprint density at radius 3 is 2.77 bits per heavy atom. The first kappa shape index (κ1) is 23.6. The van der Waals surface area contributed by atoms with Gasteiger partial charge in [0.15, 0.2) is 0 Å². The zero-order valence-corrected chi connectivity index (χ0v) is 19.8. The Kier molecular flexibility index (Phi) is 9.19. The topological polar surface area (TPSA) is 50.4 Å². The van der Waals surface area contributed by atoms with Crippen LogP contribution in [-0.4, -0.2) is 32.1 Å². The molecule has 0 spiro atoms. The first-order chi connectivity index (χ1) is 15.0. The van der Waals surface area contributed by atoms with E-state index in [9.17, 15) is 4.79 Å². The molecule has 31 heavy (non-hydrogen) atoms. The summed E-state index contributed by atoms with van der Waals surface area (Å²) in [7, 11) is 0. The summed E-state index contributed by atoms with van der Waals surface area (Å²) in [6, 6.07) is 11.2. The number of unbranched alkanes of at least 4 members (excludes halogenated alkanes) is 1. The summed E-state index contributed by atoms with van der Waals surface area (Å²) in [5.74, 6) is 1.36. The lowest BCUT2D eigenvalue weighted by atomic mass is 9.96.